The fourth-order valence-electron chi connectivity index (χ4n) is 3.40. The molecule has 0 amide bonds. The van der Waals surface area contributed by atoms with Gasteiger partial charge in [0.2, 0.25) is 10.0 Å². The maximum atomic E-state index is 13.8. The van der Waals surface area contributed by atoms with Crippen molar-refractivity contribution >= 4 is 37.6 Å². The largest absolute Gasteiger partial charge is 0.392 e. The molecule has 1 aliphatic heterocycles. The lowest BCUT2D eigenvalue weighted by atomic mass is 10.1. The van der Waals surface area contributed by atoms with Crippen LogP contribution in [0.15, 0.2) is 52.0 Å². The zero-order valence-corrected chi connectivity index (χ0v) is 18.8. The van der Waals surface area contributed by atoms with E-state index in [2.05, 4.69) is 25.9 Å². The number of benzene rings is 2. The average Bonchev–Trinajstić information content (AvgIpc) is 3.20. The molecule has 0 spiro atoms. The average molecular weight is 515 g/mol. The van der Waals surface area contributed by atoms with E-state index in [0.717, 1.165) is 0 Å². The van der Waals surface area contributed by atoms with Gasteiger partial charge in [-0.3, -0.25) is 0 Å². The van der Waals surface area contributed by atoms with E-state index in [1.807, 2.05) is 0 Å². The Morgan fingerprint density at radius 1 is 1.23 bits per heavy atom. The molecule has 0 bridgehead atoms. The highest BCUT2D eigenvalue weighted by molar-refractivity contribution is 9.10. The molecule has 2 aromatic carbocycles. The van der Waals surface area contributed by atoms with Crippen LogP contribution in [0.1, 0.15) is 12.8 Å². The van der Waals surface area contributed by atoms with Crippen LogP contribution >= 0.6 is 27.5 Å². The van der Waals surface area contributed by atoms with E-state index in [1.54, 1.807) is 24.4 Å². The van der Waals surface area contributed by atoms with Gasteiger partial charge in [-0.2, -0.15) is 4.31 Å². The fraction of sp³-hybridized carbons (Fsp3) is 0.250. The molecule has 2 N–H and O–H groups in total. The number of sulfonamides is 1. The third kappa shape index (κ3) is 4.17. The summed E-state index contributed by atoms with van der Waals surface area (Å²) in [6, 6.07) is 9.32. The van der Waals surface area contributed by atoms with Gasteiger partial charge < -0.3 is 10.1 Å². The van der Waals surface area contributed by atoms with Gasteiger partial charge >= 0.3 is 0 Å². The monoisotopic (exact) mass is 513 g/mol. The lowest BCUT2D eigenvalue weighted by Gasteiger charge is -2.29. The number of hydrogen-bond donors (Lipinski definition) is 2. The first-order valence-electron chi connectivity index (χ1n) is 9.24. The molecule has 1 unspecified atom stereocenters. The molecule has 1 saturated heterocycles. The minimum Gasteiger partial charge on any atom is -0.392 e. The summed E-state index contributed by atoms with van der Waals surface area (Å²) in [7, 11) is -3.87. The lowest BCUT2D eigenvalue weighted by molar-refractivity contribution is 0.108. The fourth-order valence-corrected chi connectivity index (χ4v) is 5.66. The Morgan fingerprint density at radius 3 is 2.73 bits per heavy atom. The zero-order valence-electron chi connectivity index (χ0n) is 15.6. The van der Waals surface area contributed by atoms with Crippen LogP contribution in [0, 0.1) is 5.82 Å². The van der Waals surface area contributed by atoms with E-state index in [4.69, 9.17) is 11.6 Å². The molecule has 6 nitrogen and oxygen atoms in total. The van der Waals surface area contributed by atoms with E-state index in [1.165, 1.54) is 22.5 Å². The Bertz CT molecular complexity index is 1200. The van der Waals surface area contributed by atoms with Crippen LogP contribution in [-0.4, -0.2) is 47.0 Å². The Balaban J connectivity index is 1.68. The van der Waals surface area contributed by atoms with Crippen LogP contribution in [-0.2, 0) is 10.0 Å². The minimum atomic E-state index is -3.87. The summed E-state index contributed by atoms with van der Waals surface area (Å²) in [4.78, 5) is 7.43. The van der Waals surface area contributed by atoms with Gasteiger partial charge in [0.05, 0.1) is 21.3 Å². The van der Waals surface area contributed by atoms with Crippen molar-refractivity contribution in [3.05, 3.63) is 57.9 Å². The number of β-amino-alcohol motifs (C(OH)–C–C–N with tert-alkyl or cyclic N) is 1. The Labute approximate surface area is 186 Å². The van der Waals surface area contributed by atoms with E-state index in [9.17, 15) is 17.9 Å². The predicted molar refractivity (Wildman–Crippen MR) is 116 cm³/mol. The van der Waals surface area contributed by atoms with Crippen LogP contribution in [0.2, 0.25) is 5.02 Å². The summed E-state index contributed by atoms with van der Waals surface area (Å²) in [6.45, 7) is 0.378. The third-order valence-electron chi connectivity index (χ3n) is 4.97. The number of nitrogens with one attached hydrogen (secondary N) is 1. The Kier molecular flexibility index (Phi) is 6.00. The number of halogens is 3. The van der Waals surface area contributed by atoms with Crippen LogP contribution in [0.4, 0.5) is 4.39 Å². The number of piperidine rings is 1. The predicted octanol–water partition coefficient (Wildman–Crippen LogP) is 4.44. The number of aromatic amines is 1. The molecule has 0 radical (unpaired) electrons. The standard InChI is InChI=1S/C20H18BrClFN3O3S/c21-15-5-3-12(8-17(15)23)18-10-24-20(25-18)13-4-6-16(22)19(9-13)30(28,29)26-7-1-2-14(27)11-26/h3-6,8-10,14,27H,1-2,7,11H2,(H,24,25). The first-order valence-corrected chi connectivity index (χ1v) is 11.9. The van der Waals surface area contributed by atoms with Crippen molar-refractivity contribution in [3.63, 3.8) is 0 Å². The Hall–Kier alpha value is -1.78. The molecule has 1 atom stereocenters. The topological polar surface area (TPSA) is 86.3 Å². The normalized spacial score (nSPS) is 17.9. The molecule has 0 saturated carbocycles. The number of imidazole rings is 1. The van der Waals surface area contributed by atoms with Crippen LogP contribution in [0.5, 0.6) is 0 Å². The van der Waals surface area contributed by atoms with Crippen LogP contribution < -0.4 is 0 Å². The highest BCUT2D eigenvalue weighted by Crippen LogP contribution is 2.32. The second kappa shape index (κ2) is 8.39. The number of aliphatic hydroxyl groups excluding tert-OH is 1. The molecule has 30 heavy (non-hydrogen) atoms. The number of rotatable bonds is 4. The first kappa shape index (κ1) is 21.5. The lowest BCUT2D eigenvalue weighted by Crippen LogP contribution is -2.42. The summed E-state index contributed by atoms with van der Waals surface area (Å²) >= 11 is 9.33. The SMILES string of the molecule is O=S(=O)(c1cc(-c2nc(-c3ccc(Br)c(F)c3)c[nH]2)ccc1Cl)N1CCCC(O)C1. The molecule has 2 heterocycles. The number of nitrogens with zero attached hydrogens (tertiary/aromatic N) is 2. The van der Waals surface area contributed by atoms with Gasteiger partial charge in [0.25, 0.3) is 0 Å². The summed E-state index contributed by atoms with van der Waals surface area (Å²) in [6.07, 6.45) is 2.10. The minimum absolute atomic E-state index is 0.0385. The molecule has 3 aromatic rings. The van der Waals surface area contributed by atoms with E-state index in [0.29, 0.717) is 46.5 Å². The molecule has 0 aliphatic carbocycles. The van der Waals surface area contributed by atoms with Gasteiger partial charge in [-0.1, -0.05) is 17.7 Å². The van der Waals surface area contributed by atoms with Gasteiger partial charge in [-0.05, 0) is 59.1 Å². The number of aromatic nitrogens is 2. The molecular formula is C20H18BrClFN3O3S. The van der Waals surface area contributed by atoms with E-state index in [-0.39, 0.29) is 16.5 Å². The second-order valence-electron chi connectivity index (χ2n) is 7.07. The summed E-state index contributed by atoms with van der Waals surface area (Å²) in [5, 5.41) is 9.95. The van der Waals surface area contributed by atoms with Crippen molar-refractivity contribution in [2.45, 2.75) is 23.8 Å². The van der Waals surface area contributed by atoms with Crippen LogP contribution in [0.3, 0.4) is 0 Å². The summed E-state index contributed by atoms with van der Waals surface area (Å²) in [5.74, 6) is 0.0285. The molecule has 158 valence electrons. The van der Waals surface area contributed by atoms with Crippen molar-refractivity contribution in [2.24, 2.45) is 0 Å². The van der Waals surface area contributed by atoms with Crippen molar-refractivity contribution in [1.82, 2.24) is 14.3 Å². The van der Waals surface area contributed by atoms with Gasteiger partial charge in [0.1, 0.15) is 16.5 Å². The van der Waals surface area contributed by atoms with Crippen molar-refractivity contribution < 1.29 is 17.9 Å². The maximum absolute atomic E-state index is 13.8. The second-order valence-corrected chi connectivity index (χ2v) is 10.2. The number of aliphatic hydroxyl groups is 1. The first-order chi connectivity index (χ1) is 14.3. The molecule has 1 aromatic heterocycles. The van der Waals surface area contributed by atoms with E-state index < -0.39 is 21.9 Å². The highest BCUT2D eigenvalue weighted by atomic mass is 79.9. The quantitative estimate of drug-likeness (QED) is 0.539. The molecule has 1 aliphatic rings. The molecule has 10 heteroatoms. The van der Waals surface area contributed by atoms with E-state index >= 15 is 0 Å². The van der Waals surface area contributed by atoms with Gasteiger partial charge in [0, 0.05) is 30.4 Å². The maximum Gasteiger partial charge on any atom is 0.244 e. The molecule has 1 fully saturated rings. The van der Waals surface area contributed by atoms with Gasteiger partial charge in [0.15, 0.2) is 0 Å². The molecular weight excluding hydrogens is 497 g/mol. The zero-order chi connectivity index (χ0) is 21.5. The highest BCUT2D eigenvalue weighted by Gasteiger charge is 2.31. The summed E-state index contributed by atoms with van der Waals surface area (Å²) in [5.41, 5.74) is 1.64. The van der Waals surface area contributed by atoms with Crippen LogP contribution in [0.25, 0.3) is 22.6 Å². The molecule has 4 rings (SSSR count). The smallest absolute Gasteiger partial charge is 0.244 e. The van der Waals surface area contributed by atoms with Gasteiger partial charge in [-0.15, -0.1) is 0 Å². The van der Waals surface area contributed by atoms with Crippen molar-refractivity contribution in [1.29, 1.82) is 0 Å². The number of H-pyrrole nitrogens is 1. The van der Waals surface area contributed by atoms with Gasteiger partial charge in [-0.25, -0.2) is 17.8 Å². The number of hydrogen-bond acceptors (Lipinski definition) is 4. The Morgan fingerprint density at radius 2 is 2.00 bits per heavy atom. The third-order valence-corrected chi connectivity index (χ3v) is 7.96. The summed E-state index contributed by atoms with van der Waals surface area (Å²) < 4.78 is 41.6. The van der Waals surface area contributed by atoms with Crippen molar-refractivity contribution in [2.75, 3.05) is 13.1 Å². The van der Waals surface area contributed by atoms with Crippen molar-refractivity contribution in [3.8, 4) is 22.6 Å².